The van der Waals surface area contributed by atoms with E-state index in [2.05, 4.69) is 0 Å². The predicted octanol–water partition coefficient (Wildman–Crippen LogP) is 1.79. The first kappa shape index (κ1) is 12.0. The van der Waals surface area contributed by atoms with Gasteiger partial charge < -0.3 is 9.30 Å². The molecule has 84 valence electrons. The number of hydrogen-bond acceptors (Lipinski definition) is 2. The quantitative estimate of drug-likeness (QED) is 0.760. The van der Waals surface area contributed by atoms with E-state index >= 15 is 0 Å². The van der Waals surface area contributed by atoms with Crippen molar-refractivity contribution in [1.82, 2.24) is 4.57 Å². The van der Waals surface area contributed by atoms with Crippen LogP contribution >= 0.6 is 0 Å². The minimum Gasteiger partial charge on any atom is -0.383 e. The van der Waals surface area contributed by atoms with Gasteiger partial charge in [0.2, 0.25) is 0 Å². The van der Waals surface area contributed by atoms with E-state index in [1.807, 2.05) is 32.9 Å². The summed E-state index contributed by atoms with van der Waals surface area (Å²) in [6.45, 7) is 7.31. The van der Waals surface area contributed by atoms with Crippen molar-refractivity contribution < 1.29 is 4.74 Å². The smallest absolute Gasteiger partial charge is 0.254 e. The number of ether oxygens (including phenoxy) is 1. The third-order valence-electron chi connectivity index (χ3n) is 2.36. The molecule has 0 saturated carbocycles. The van der Waals surface area contributed by atoms with Crippen molar-refractivity contribution in [2.75, 3.05) is 13.7 Å². The molecular weight excluding hydrogens is 190 g/mol. The summed E-state index contributed by atoms with van der Waals surface area (Å²) in [5, 5.41) is 0. The lowest BCUT2D eigenvalue weighted by molar-refractivity contribution is 0.186. The highest BCUT2D eigenvalue weighted by Crippen LogP contribution is 2.17. The van der Waals surface area contributed by atoms with Crippen LogP contribution in [0.4, 0.5) is 0 Å². The van der Waals surface area contributed by atoms with E-state index in [1.165, 1.54) is 0 Å². The number of aromatic nitrogens is 1. The van der Waals surface area contributed by atoms with Crippen LogP contribution in [0, 0.1) is 0 Å². The largest absolute Gasteiger partial charge is 0.383 e. The van der Waals surface area contributed by atoms with Gasteiger partial charge in [0.1, 0.15) is 0 Å². The lowest BCUT2D eigenvalue weighted by Crippen LogP contribution is -2.30. The van der Waals surface area contributed by atoms with Gasteiger partial charge in [-0.25, -0.2) is 0 Å². The van der Waals surface area contributed by atoms with E-state index in [0.717, 1.165) is 5.56 Å². The minimum absolute atomic E-state index is 0.0852. The molecule has 0 bridgehead atoms. The molecule has 0 radical (unpaired) electrons. The fraction of sp³-hybridized carbons (Fsp3) is 0.583. The normalized spacial score (nSPS) is 11.7. The molecule has 1 heterocycles. The lowest BCUT2D eigenvalue weighted by Gasteiger charge is -2.19. The molecule has 0 aliphatic heterocycles. The molecule has 15 heavy (non-hydrogen) atoms. The Labute approximate surface area is 90.7 Å². The van der Waals surface area contributed by atoms with Crippen molar-refractivity contribution in [3.05, 3.63) is 34.2 Å². The first-order valence-corrected chi connectivity index (χ1v) is 5.15. The van der Waals surface area contributed by atoms with E-state index in [1.54, 1.807) is 17.9 Å². The summed E-state index contributed by atoms with van der Waals surface area (Å²) in [4.78, 5) is 12.0. The van der Waals surface area contributed by atoms with Gasteiger partial charge in [-0.3, -0.25) is 4.79 Å². The summed E-state index contributed by atoms with van der Waals surface area (Å²) in [6, 6.07) is 3.81. The van der Waals surface area contributed by atoms with Crippen molar-refractivity contribution in [3.63, 3.8) is 0 Å². The van der Waals surface area contributed by atoms with Crippen molar-refractivity contribution in [1.29, 1.82) is 0 Å². The second-order valence-corrected chi connectivity index (χ2v) is 4.66. The van der Waals surface area contributed by atoms with Crippen LogP contribution in [0.1, 0.15) is 26.3 Å². The van der Waals surface area contributed by atoms with Gasteiger partial charge in [0.25, 0.3) is 5.56 Å². The highest BCUT2D eigenvalue weighted by Gasteiger charge is 2.17. The van der Waals surface area contributed by atoms with Crippen LogP contribution in [0.25, 0.3) is 0 Å². The molecule has 3 heteroatoms. The number of nitrogens with zero attached hydrogens (tertiary/aromatic N) is 1. The Kier molecular flexibility index (Phi) is 3.69. The molecule has 0 amide bonds. The molecular formula is C12H19NO2. The molecule has 1 aromatic rings. The standard InChI is InChI=1S/C12H19NO2/c1-12(2,3)10-6-5-7-13(11(10)14)8-9-15-4/h5-7H,8-9H2,1-4H3. The fourth-order valence-corrected chi connectivity index (χ4v) is 1.47. The molecule has 0 atom stereocenters. The number of hydrogen-bond donors (Lipinski definition) is 0. The molecule has 0 saturated heterocycles. The Balaban J connectivity index is 3.07. The third kappa shape index (κ3) is 2.93. The summed E-state index contributed by atoms with van der Waals surface area (Å²) in [6.07, 6.45) is 1.80. The van der Waals surface area contributed by atoms with Crippen molar-refractivity contribution >= 4 is 0 Å². The highest BCUT2D eigenvalue weighted by molar-refractivity contribution is 5.19. The highest BCUT2D eigenvalue weighted by atomic mass is 16.5. The van der Waals surface area contributed by atoms with Crippen molar-refractivity contribution in [3.8, 4) is 0 Å². The van der Waals surface area contributed by atoms with Gasteiger partial charge in [-0.1, -0.05) is 26.8 Å². The van der Waals surface area contributed by atoms with Gasteiger partial charge in [-0.2, -0.15) is 0 Å². The SMILES string of the molecule is COCCn1cccc(C(C)(C)C)c1=O. The van der Waals surface area contributed by atoms with Crippen LogP contribution in [0.2, 0.25) is 0 Å². The number of methoxy groups -OCH3 is 1. The lowest BCUT2D eigenvalue weighted by atomic mass is 9.88. The third-order valence-corrected chi connectivity index (χ3v) is 2.36. The molecule has 0 spiro atoms. The molecule has 1 aromatic heterocycles. The minimum atomic E-state index is -0.104. The molecule has 1 rings (SSSR count). The van der Waals surface area contributed by atoms with Crippen molar-refractivity contribution in [2.24, 2.45) is 0 Å². The van der Waals surface area contributed by atoms with Crippen LogP contribution in [-0.4, -0.2) is 18.3 Å². The second-order valence-electron chi connectivity index (χ2n) is 4.66. The second kappa shape index (κ2) is 4.62. The van der Waals surface area contributed by atoms with Gasteiger partial charge in [-0.05, 0) is 11.5 Å². The molecule has 0 unspecified atom stereocenters. The van der Waals surface area contributed by atoms with Crippen LogP contribution < -0.4 is 5.56 Å². The van der Waals surface area contributed by atoms with Crippen LogP contribution in [0.5, 0.6) is 0 Å². The maximum Gasteiger partial charge on any atom is 0.254 e. The van der Waals surface area contributed by atoms with Crippen LogP contribution in [0.15, 0.2) is 23.1 Å². The summed E-state index contributed by atoms with van der Waals surface area (Å²) < 4.78 is 6.67. The molecule has 0 aliphatic rings. The number of rotatable bonds is 3. The Morgan fingerprint density at radius 3 is 2.60 bits per heavy atom. The van der Waals surface area contributed by atoms with Gasteiger partial charge in [-0.15, -0.1) is 0 Å². The number of pyridine rings is 1. The van der Waals surface area contributed by atoms with Gasteiger partial charge in [0.05, 0.1) is 6.61 Å². The Morgan fingerprint density at radius 2 is 2.07 bits per heavy atom. The van der Waals surface area contributed by atoms with Gasteiger partial charge in [0, 0.05) is 25.4 Å². The zero-order valence-corrected chi connectivity index (χ0v) is 9.91. The van der Waals surface area contributed by atoms with E-state index in [4.69, 9.17) is 4.74 Å². The molecule has 0 N–H and O–H groups in total. The maximum absolute atomic E-state index is 12.0. The van der Waals surface area contributed by atoms with Crippen LogP contribution in [-0.2, 0) is 16.7 Å². The summed E-state index contributed by atoms with van der Waals surface area (Å²) in [7, 11) is 1.64. The topological polar surface area (TPSA) is 31.2 Å². The zero-order valence-electron chi connectivity index (χ0n) is 9.91. The molecule has 0 fully saturated rings. The molecule has 3 nitrogen and oxygen atoms in total. The van der Waals surface area contributed by atoms with E-state index in [-0.39, 0.29) is 11.0 Å². The Morgan fingerprint density at radius 1 is 1.40 bits per heavy atom. The van der Waals surface area contributed by atoms with Gasteiger partial charge >= 0.3 is 0 Å². The average molecular weight is 209 g/mol. The summed E-state index contributed by atoms with van der Waals surface area (Å²) in [5.74, 6) is 0. The summed E-state index contributed by atoms with van der Waals surface area (Å²) in [5.41, 5.74) is 0.829. The maximum atomic E-state index is 12.0. The zero-order chi connectivity index (χ0) is 11.5. The molecule has 0 aliphatic carbocycles. The fourth-order valence-electron chi connectivity index (χ4n) is 1.47. The Hall–Kier alpha value is -1.09. The van der Waals surface area contributed by atoms with E-state index < -0.39 is 0 Å². The first-order chi connectivity index (χ1) is 6.96. The Bertz CT molecular complexity index is 374. The van der Waals surface area contributed by atoms with E-state index in [9.17, 15) is 4.79 Å². The van der Waals surface area contributed by atoms with Crippen LogP contribution in [0.3, 0.4) is 0 Å². The van der Waals surface area contributed by atoms with Gasteiger partial charge in [0.15, 0.2) is 0 Å². The van der Waals surface area contributed by atoms with E-state index in [0.29, 0.717) is 13.2 Å². The summed E-state index contributed by atoms with van der Waals surface area (Å²) >= 11 is 0. The monoisotopic (exact) mass is 209 g/mol. The first-order valence-electron chi connectivity index (χ1n) is 5.15. The molecule has 0 aromatic carbocycles. The predicted molar refractivity (Wildman–Crippen MR) is 61.3 cm³/mol. The van der Waals surface area contributed by atoms with Crippen molar-refractivity contribution in [2.45, 2.75) is 32.7 Å². The average Bonchev–Trinajstić information content (AvgIpc) is 2.14.